The Labute approximate surface area is 213 Å². The summed E-state index contributed by atoms with van der Waals surface area (Å²) in [5, 5.41) is 1.70. The minimum Gasteiger partial charge on any atom is -0.377 e. The second-order valence-electron chi connectivity index (χ2n) is 12.2. The fourth-order valence-electron chi connectivity index (χ4n) is 8.32. The number of sulfonamides is 1. The van der Waals surface area contributed by atoms with Gasteiger partial charge in [0.05, 0.1) is 4.90 Å². The first-order valence-corrected chi connectivity index (χ1v) is 15.0. The lowest BCUT2D eigenvalue weighted by molar-refractivity contribution is -0.391. The third-order valence-corrected chi connectivity index (χ3v) is 11.2. The Morgan fingerprint density at radius 3 is 2.31 bits per heavy atom. The Kier molecular flexibility index (Phi) is 5.14. The molecule has 5 saturated carbocycles. The first kappa shape index (κ1) is 23.4. The topological polar surface area (TPSA) is 77.1 Å². The third-order valence-electron chi connectivity index (χ3n) is 9.59. The first-order chi connectivity index (χ1) is 17.2. The molecule has 2 unspecified atom stereocenters. The van der Waals surface area contributed by atoms with Crippen LogP contribution in [-0.2, 0) is 24.5 Å². The second-order valence-corrected chi connectivity index (χ2v) is 13.9. The molecule has 1 aliphatic heterocycles. The third kappa shape index (κ3) is 3.41. The van der Waals surface area contributed by atoms with Gasteiger partial charge in [0.25, 0.3) is 0 Å². The van der Waals surface area contributed by atoms with Crippen molar-refractivity contribution in [2.75, 3.05) is 19.0 Å². The smallest absolute Gasteiger partial charge is 0.241 e. The van der Waals surface area contributed by atoms with E-state index in [1.807, 2.05) is 49.3 Å². The minimum absolute atomic E-state index is 0.139. The van der Waals surface area contributed by atoms with Gasteiger partial charge in [0.2, 0.25) is 21.6 Å². The summed E-state index contributed by atoms with van der Waals surface area (Å²) < 4.78 is 37.9. The molecule has 5 aliphatic carbocycles. The maximum atomic E-state index is 14.0. The number of rotatable bonds is 4. The number of hydrogen-bond donors (Lipinski definition) is 1. The Hall–Kier alpha value is -1.71. The highest BCUT2D eigenvalue weighted by Crippen LogP contribution is 2.65. The second kappa shape index (κ2) is 7.90. The summed E-state index contributed by atoms with van der Waals surface area (Å²) in [6, 6.07) is 11.4. The van der Waals surface area contributed by atoms with Crippen LogP contribution in [0.1, 0.15) is 64.2 Å². The van der Waals surface area contributed by atoms with Gasteiger partial charge in [0, 0.05) is 60.8 Å². The fraction of sp³-hybridized carbons (Fsp3) is 0.643. The Morgan fingerprint density at radius 1 is 0.889 bits per heavy atom. The summed E-state index contributed by atoms with van der Waals surface area (Å²) in [5.74, 6) is -0.559. The molecule has 0 aromatic heterocycles. The molecule has 1 heterocycles. The molecule has 7 nitrogen and oxygen atoms in total. The van der Waals surface area contributed by atoms with Crippen LogP contribution in [0.2, 0.25) is 0 Å². The predicted octanol–water partition coefficient (Wildman–Crippen LogP) is 5.10. The van der Waals surface area contributed by atoms with Gasteiger partial charge in [-0.2, -0.15) is 9.78 Å². The van der Waals surface area contributed by atoms with Gasteiger partial charge < -0.3 is 9.64 Å². The molecular weight excluding hydrogens is 476 g/mol. The maximum Gasteiger partial charge on any atom is 0.241 e. The van der Waals surface area contributed by atoms with Crippen LogP contribution in [0.15, 0.2) is 41.3 Å². The van der Waals surface area contributed by atoms with Crippen molar-refractivity contribution in [3.63, 3.8) is 0 Å². The highest BCUT2D eigenvalue weighted by Gasteiger charge is 2.70. The molecule has 4 bridgehead atoms. The lowest BCUT2D eigenvalue weighted by Crippen LogP contribution is -2.68. The van der Waals surface area contributed by atoms with Crippen molar-refractivity contribution in [2.45, 2.75) is 86.2 Å². The van der Waals surface area contributed by atoms with Crippen LogP contribution in [0.25, 0.3) is 10.8 Å². The summed E-state index contributed by atoms with van der Waals surface area (Å²) in [6.07, 6.45) is 9.54. The molecule has 194 valence electrons. The van der Waals surface area contributed by atoms with Gasteiger partial charge in [-0.25, -0.2) is 13.1 Å². The van der Waals surface area contributed by atoms with Gasteiger partial charge in [-0.1, -0.05) is 30.7 Å². The minimum atomic E-state index is -3.74. The molecule has 0 radical (unpaired) electrons. The number of hydrogen-bond acceptors (Lipinski definition) is 6. The quantitative estimate of drug-likeness (QED) is 0.575. The van der Waals surface area contributed by atoms with Crippen LogP contribution in [-0.4, -0.2) is 39.6 Å². The van der Waals surface area contributed by atoms with Crippen molar-refractivity contribution in [3.8, 4) is 0 Å². The Morgan fingerprint density at radius 2 is 1.58 bits per heavy atom. The summed E-state index contributed by atoms with van der Waals surface area (Å²) >= 11 is 0. The van der Waals surface area contributed by atoms with Crippen LogP contribution < -0.4 is 9.62 Å². The average Bonchev–Trinajstić information content (AvgIpc) is 3.20. The van der Waals surface area contributed by atoms with Crippen molar-refractivity contribution in [3.05, 3.63) is 36.4 Å². The normalized spacial score (nSPS) is 36.8. The van der Waals surface area contributed by atoms with Crippen LogP contribution in [0.3, 0.4) is 0 Å². The molecule has 2 aromatic carbocycles. The van der Waals surface area contributed by atoms with Crippen LogP contribution in [0, 0.1) is 17.8 Å². The van der Waals surface area contributed by atoms with Crippen LogP contribution >= 0.6 is 0 Å². The average molecular weight is 513 g/mol. The maximum absolute atomic E-state index is 14.0. The molecule has 8 heteroatoms. The van der Waals surface area contributed by atoms with E-state index in [9.17, 15) is 8.42 Å². The largest absolute Gasteiger partial charge is 0.377 e. The lowest BCUT2D eigenvalue weighted by Gasteiger charge is -2.62. The molecule has 1 N–H and O–H groups in total. The summed E-state index contributed by atoms with van der Waals surface area (Å²) in [5.41, 5.74) is 0.546. The molecule has 6 fully saturated rings. The fourth-order valence-corrected chi connectivity index (χ4v) is 9.98. The van der Waals surface area contributed by atoms with E-state index in [0.717, 1.165) is 74.2 Å². The molecule has 36 heavy (non-hydrogen) atoms. The summed E-state index contributed by atoms with van der Waals surface area (Å²) in [4.78, 5) is 14.5. The van der Waals surface area contributed by atoms with E-state index in [4.69, 9.17) is 14.5 Å². The van der Waals surface area contributed by atoms with E-state index < -0.39 is 27.1 Å². The van der Waals surface area contributed by atoms with E-state index in [2.05, 4.69) is 4.72 Å². The molecule has 0 amide bonds. The van der Waals surface area contributed by atoms with Crippen molar-refractivity contribution in [1.82, 2.24) is 4.72 Å². The zero-order valence-electron chi connectivity index (χ0n) is 21.2. The van der Waals surface area contributed by atoms with Gasteiger partial charge in [-0.3, -0.25) is 0 Å². The van der Waals surface area contributed by atoms with Gasteiger partial charge in [-0.15, -0.1) is 0 Å². The molecule has 8 rings (SSSR count). The van der Waals surface area contributed by atoms with Crippen molar-refractivity contribution < 1.29 is 22.9 Å². The first-order valence-electron chi connectivity index (χ1n) is 13.5. The molecule has 6 aliphatic rings. The van der Waals surface area contributed by atoms with Gasteiger partial charge in [-0.05, 0) is 63.0 Å². The molecular formula is C28H36N2O5S. The van der Waals surface area contributed by atoms with Crippen molar-refractivity contribution >= 4 is 26.5 Å². The number of ether oxygens (including phenoxy) is 1. The van der Waals surface area contributed by atoms with Gasteiger partial charge in [0.15, 0.2) is 0 Å². The molecule has 2 atom stereocenters. The van der Waals surface area contributed by atoms with E-state index in [0.29, 0.717) is 10.8 Å². The van der Waals surface area contributed by atoms with Crippen molar-refractivity contribution in [2.24, 2.45) is 17.8 Å². The van der Waals surface area contributed by atoms with E-state index in [1.54, 1.807) is 6.07 Å². The zero-order valence-corrected chi connectivity index (χ0v) is 22.0. The van der Waals surface area contributed by atoms with Gasteiger partial charge >= 0.3 is 0 Å². The van der Waals surface area contributed by atoms with E-state index in [1.165, 1.54) is 6.42 Å². The van der Waals surface area contributed by atoms with Crippen LogP contribution in [0.4, 0.5) is 5.69 Å². The molecule has 2 aromatic rings. The Balaban J connectivity index is 1.20. The predicted molar refractivity (Wildman–Crippen MR) is 137 cm³/mol. The highest BCUT2D eigenvalue weighted by atomic mass is 32.2. The van der Waals surface area contributed by atoms with E-state index >= 15 is 0 Å². The number of benzene rings is 2. The monoisotopic (exact) mass is 512 g/mol. The lowest BCUT2D eigenvalue weighted by atomic mass is 9.50. The number of nitrogens with zero attached hydrogens (tertiary/aromatic N) is 1. The van der Waals surface area contributed by atoms with Gasteiger partial charge in [0.1, 0.15) is 0 Å². The summed E-state index contributed by atoms with van der Waals surface area (Å²) in [6.45, 7) is 0. The van der Waals surface area contributed by atoms with Crippen molar-refractivity contribution in [1.29, 1.82) is 0 Å². The highest BCUT2D eigenvalue weighted by molar-refractivity contribution is 7.89. The SMILES string of the molecule is CN(C)c1cccc2c(S(=O)(=O)NC34CC5CC(C3)C3(OOC6(CCCCC6)O3)C(C5)C4)cccc12. The molecule has 1 saturated heterocycles. The van der Waals surface area contributed by atoms with Crippen LogP contribution in [0.5, 0.6) is 0 Å². The van der Waals surface area contributed by atoms with E-state index in [-0.39, 0.29) is 11.8 Å². The molecule has 2 spiro atoms. The Bertz CT molecular complexity index is 1290. The zero-order chi connectivity index (χ0) is 24.8. The number of nitrogens with one attached hydrogen (secondary N) is 1. The standard InChI is InChI=1S/C28H36N2O5S/c1-30(2)24-10-6-9-23-22(24)8-7-11-25(23)36(31,32)29-26-16-19-14-20(17-26)28(21(15-19)18-26)33-27(34-35-28)12-4-3-5-13-27/h6-11,19-21,29H,3-5,12-18H2,1-2H3. The summed E-state index contributed by atoms with van der Waals surface area (Å²) in [7, 11) is 0.225. The number of anilines is 1. The number of fused-ring (bicyclic) bond motifs is 1.